The van der Waals surface area contributed by atoms with Crippen molar-refractivity contribution >= 4 is 11.6 Å². The minimum atomic E-state index is 0.0323. The molecule has 90 valence electrons. The molecule has 0 bridgehead atoms. The molecular weight excluding hydrogens is 218 g/mol. The van der Waals surface area contributed by atoms with E-state index in [1.807, 2.05) is 26.0 Å². The third-order valence-corrected chi connectivity index (χ3v) is 2.32. The van der Waals surface area contributed by atoms with E-state index in [1.54, 1.807) is 12.3 Å². The van der Waals surface area contributed by atoms with Crippen LogP contribution in [-0.2, 0) is 0 Å². The van der Waals surface area contributed by atoms with Gasteiger partial charge in [-0.05, 0) is 26.0 Å². The van der Waals surface area contributed by atoms with E-state index in [0.717, 1.165) is 5.76 Å². The molecule has 0 aromatic carbocycles. The number of hydrazine groups is 1. The molecule has 0 aliphatic rings. The Hall–Kier alpha value is -2.08. The van der Waals surface area contributed by atoms with Crippen molar-refractivity contribution in [2.75, 3.05) is 10.7 Å². The summed E-state index contributed by atoms with van der Waals surface area (Å²) in [5.41, 5.74) is 2.50. The van der Waals surface area contributed by atoms with Gasteiger partial charge in [0.1, 0.15) is 23.2 Å². The summed E-state index contributed by atoms with van der Waals surface area (Å²) in [5.74, 6) is 8.10. The lowest BCUT2D eigenvalue weighted by atomic mass is 10.2. The van der Waals surface area contributed by atoms with Gasteiger partial charge in [-0.2, -0.15) is 0 Å². The molecule has 6 nitrogen and oxygen atoms in total. The predicted octanol–water partition coefficient (Wildman–Crippen LogP) is 1.84. The summed E-state index contributed by atoms with van der Waals surface area (Å²) in [5, 5.41) is 3.22. The average molecular weight is 233 g/mol. The summed E-state index contributed by atoms with van der Waals surface area (Å²) in [6.07, 6.45) is 1.64. The standard InChI is InChI=1S/C11H15N5O/c1-7(9-4-3-5-17-9)13-10-6-11(16-12)15-8(2)14-10/h3-7H,12H2,1-2H3,(H2,13,14,15,16). The number of aromatic nitrogens is 2. The van der Waals surface area contributed by atoms with Crippen LogP contribution in [0, 0.1) is 6.92 Å². The summed E-state index contributed by atoms with van der Waals surface area (Å²) in [4.78, 5) is 8.38. The van der Waals surface area contributed by atoms with Gasteiger partial charge in [-0.25, -0.2) is 15.8 Å². The number of nitrogens with zero attached hydrogens (tertiary/aromatic N) is 2. The van der Waals surface area contributed by atoms with E-state index in [-0.39, 0.29) is 6.04 Å². The topological polar surface area (TPSA) is 89.0 Å². The van der Waals surface area contributed by atoms with Crippen molar-refractivity contribution in [3.05, 3.63) is 36.0 Å². The lowest BCUT2D eigenvalue weighted by Gasteiger charge is -2.13. The van der Waals surface area contributed by atoms with Crippen LogP contribution in [0.3, 0.4) is 0 Å². The molecule has 2 heterocycles. The molecule has 2 aromatic rings. The first-order valence-electron chi connectivity index (χ1n) is 5.31. The van der Waals surface area contributed by atoms with E-state index >= 15 is 0 Å². The molecule has 0 aliphatic heterocycles. The lowest BCUT2D eigenvalue weighted by Crippen LogP contribution is -2.12. The van der Waals surface area contributed by atoms with Crippen molar-refractivity contribution in [2.24, 2.45) is 5.84 Å². The Morgan fingerprint density at radius 3 is 2.76 bits per heavy atom. The van der Waals surface area contributed by atoms with Crippen LogP contribution in [0.2, 0.25) is 0 Å². The van der Waals surface area contributed by atoms with Gasteiger partial charge in [0.2, 0.25) is 0 Å². The SMILES string of the molecule is Cc1nc(NN)cc(NC(C)c2ccco2)n1. The molecule has 1 atom stereocenters. The van der Waals surface area contributed by atoms with Crippen molar-refractivity contribution in [3.8, 4) is 0 Å². The van der Waals surface area contributed by atoms with Crippen molar-refractivity contribution in [3.63, 3.8) is 0 Å². The van der Waals surface area contributed by atoms with Crippen molar-refractivity contribution in [1.29, 1.82) is 0 Å². The summed E-state index contributed by atoms with van der Waals surface area (Å²) in [7, 11) is 0. The normalized spacial score (nSPS) is 12.2. The molecule has 0 spiro atoms. The molecule has 6 heteroatoms. The molecule has 2 aromatic heterocycles. The van der Waals surface area contributed by atoms with E-state index < -0.39 is 0 Å². The number of furan rings is 1. The van der Waals surface area contributed by atoms with Crippen molar-refractivity contribution in [2.45, 2.75) is 19.9 Å². The van der Waals surface area contributed by atoms with Gasteiger partial charge < -0.3 is 15.2 Å². The Bertz CT molecular complexity index is 483. The Labute approximate surface area is 99.2 Å². The third-order valence-electron chi connectivity index (χ3n) is 2.32. The van der Waals surface area contributed by atoms with Crippen LogP contribution >= 0.6 is 0 Å². The van der Waals surface area contributed by atoms with E-state index in [9.17, 15) is 0 Å². The fourth-order valence-corrected chi connectivity index (χ4v) is 1.55. The maximum Gasteiger partial charge on any atom is 0.145 e. The summed E-state index contributed by atoms with van der Waals surface area (Å²) >= 11 is 0. The van der Waals surface area contributed by atoms with Crippen LogP contribution in [0.15, 0.2) is 28.9 Å². The molecule has 2 rings (SSSR count). The fraction of sp³-hybridized carbons (Fsp3) is 0.273. The number of rotatable bonds is 4. The second-order valence-electron chi connectivity index (χ2n) is 3.71. The van der Waals surface area contributed by atoms with E-state index in [1.165, 1.54) is 0 Å². The number of hydrogen-bond donors (Lipinski definition) is 3. The van der Waals surface area contributed by atoms with E-state index in [4.69, 9.17) is 10.3 Å². The summed E-state index contributed by atoms with van der Waals surface area (Å²) in [6.45, 7) is 3.80. The molecule has 0 radical (unpaired) electrons. The molecule has 0 amide bonds. The first kappa shape index (κ1) is 11.4. The summed E-state index contributed by atoms with van der Waals surface area (Å²) < 4.78 is 5.31. The number of anilines is 2. The highest BCUT2D eigenvalue weighted by Crippen LogP contribution is 2.19. The smallest absolute Gasteiger partial charge is 0.145 e. The molecule has 0 aliphatic carbocycles. The van der Waals surface area contributed by atoms with Crippen LogP contribution in [0.5, 0.6) is 0 Å². The number of hydrogen-bond acceptors (Lipinski definition) is 6. The van der Waals surface area contributed by atoms with Gasteiger partial charge in [-0.1, -0.05) is 0 Å². The Morgan fingerprint density at radius 1 is 1.35 bits per heavy atom. The zero-order valence-corrected chi connectivity index (χ0v) is 9.77. The average Bonchev–Trinajstić information content (AvgIpc) is 2.81. The van der Waals surface area contributed by atoms with Gasteiger partial charge in [0, 0.05) is 6.07 Å². The fourth-order valence-electron chi connectivity index (χ4n) is 1.55. The second kappa shape index (κ2) is 4.84. The predicted molar refractivity (Wildman–Crippen MR) is 65.3 cm³/mol. The van der Waals surface area contributed by atoms with Gasteiger partial charge in [0.25, 0.3) is 0 Å². The van der Waals surface area contributed by atoms with Crippen LogP contribution in [0.25, 0.3) is 0 Å². The summed E-state index contributed by atoms with van der Waals surface area (Å²) in [6, 6.07) is 5.54. The first-order valence-corrected chi connectivity index (χ1v) is 5.31. The van der Waals surface area contributed by atoms with Crippen molar-refractivity contribution in [1.82, 2.24) is 9.97 Å². The second-order valence-corrected chi connectivity index (χ2v) is 3.71. The first-order chi connectivity index (χ1) is 8.19. The van der Waals surface area contributed by atoms with Crippen LogP contribution in [-0.4, -0.2) is 9.97 Å². The Balaban J connectivity index is 2.15. The largest absolute Gasteiger partial charge is 0.467 e. The Kier molecular flexibility index (Phi) is 3.24. The van der Waals surface area contributed by atoms with Gasteiger partial charge in [-0.3, -0.25) is 0 Å². The molecular formula is C11H15N5O. The molecule has 0 fully saturated rings. The maximum atomic E-state index is 5.33. The molecule has 0 saturated heterocycles. The monoisotopic (exact) mass is 233 g/mol. The minimum Gasteiger partial charge on any atom is -0.467 e. The lowest BCUT2D eigenvalue weighted by molar-refractivity contribution is 0.490. The quantitative estimate of drug-likeness (QED) is 0.551. The number of aryl methyl sites for hydroxylation is 1. The van der Waals surface area contributed by atoms with Gasteiger partial charge in [0.15, 0.2) is 0 Å². The van der Waals surface area contributed by atoms with Gasteiger partial charge in [0.05, 0.1) is 12.3 Å². The number of nitrogens with two attached hydrogens (primary N) is 1. The van der Waals surface area contributed by atoms with Crippen molar-refractivity contribution < 1.29 is 4.42 Å². The maximum absolute atomic E-state index is 5.33. The molecule has 0 saturated carbocycles. The number of nitrogens with one attached hydrogen (secondary N) is 2. The number of nitrogen functional groups attached to an aromatic ring is 1. The zero-order valence-electron chi connectivity index (χ0n) is 9.77. The third kappa shape index (κ3) is 2.73. The molecule has 1 unspecified atom stereocenters. The molecule has 4 N–H and O–H groups in total. The van der Waals surface area contributed by atoms with Crippen LogP contribution < -0.4 is 16.6 Å². The van der Waals surface area contributed by atoms with Gasteiger partial charge in [-0.15, -0.1) is 0 Å². The molecule has 17 heavy (non-hydrogen) atoms. The van der Waals surface area contributed by atoms with E-state index in [2.05, 4.69) is 20.7 Å². The van der Waals surface area contributed by atoms with E-state index in [0.29, 0.717) is 17.5 Å². The Morgan fingerprint density at radius 2 is 2.12 bits per heavy atom. The zero-order chi connectivity index (χ0) is 12.3. The van der Waals surface area contributed by atoms with Gasteiger partial charge >= 0.3 is 0 Å². The van der Waals surface area contributed by atoms with Crippen LogP contribution in [0.1, 0.15) is 24.6 Å². The highest BCUT2D eigenvalue weighted by molar-refractivity contribution is 5.47. The minimum absolute atomic E-state index is 0.0323. The van der Waals surface area contributed by atoms with Crippen LogP contribution in [0.4, 0.5) is 11.6 Å². The highest BCUT2D eigenvalue weighted by Gasteiger charge is 2.09. The highest BCUT2D eigenvalue weighted by atomic mass is 16.3.